The van der Waals surface area contributed by atoms with Gasteiger partial charge >= 0.3 is 15.2 Å². The second-order valence-corrected chi connectivity index (χ2v) is 11.5. The summed E-state index contributed by atoms with van der Waals surface area (Å²) in [6.45, 7) is 6.63. The molecular formula is C22H35NO8P2. The van der Waals surface area contributed by atoms with Crippen LogP contribution in [0.15, 0.2) is 53.1 Å². The van der Waals surface area contributed by atoms with Crippen molar-refractivity contribution in [3.05, 3.63) is 60.1 Å². The molecule has 0 radical (unpaired) electrons. The zero-order valence-electron chi connectivity index (χ0n) is 19.7. The number of nitrogens with zero attached hydrogens (tertiary/aromatic N) is 1. The summed E-state index contributed by atoms with van der Waals surface area (Å²) in [5.41, 5.74) is -0.626. The molecule has 0 spiro atoms. The molecule has 0 aliphatic rings. The minimum Gasteiger partial charge on any atom is -0.468 e. The van der Waals surface area contributed by atoms with E-state index in [4.69, 9.17) is 22.5 Å². The normalized spacial score (nSPS) is 13.7. The van der Waals surface area contributed by atoms with Crippen molar-refractivity contribution in [1.29, 1.82) is 0 Å². The highest BCUT2D eigenvalue weighted by atomic mass is 31.2. The Bertz CT molecular complexity index is 843. The smallest absolute Gasteiger partial charge is 0.360 e. The number of aliphatic hydroxyl groups excluding tert-OH is 1. The second-order valence-electron chi connectivity index (χ2n) is 6.97. The first-order chi connectivity index (χ1) is 15.9. The lowest BCUT2D eigenvalue weighted by Gasteiger charge is -2.41. The molecule has 1 aromatic heterocycles. The van der Waals surface area contributed by atoms with Gasteiger partial charge in [-0.3, -0.25) is 14.0 Å². The third kappa shape index (κ3) is 7.10. The summed E-state index contributed by atoms with van der Waals surface area (Å²) in [6.07, 6.45) is 1.48. The molecule has 33 heavy (non-hydrogen) atoms. The van der Waals surface area contributed by atoms with Crippen LogP contribution in [0.2, 0.25) is 0 Å². The maximum Gasteiger partial charge on any atom is 0.360 e. The van der Waals surface area contributed by atoms with Crippen LogP contribution in [0, 0.1) is 0 Å². The van der Waals surface area contributed by atoms with Gasteiger partial charge in [-0.1, -0.05) is 30.3 Å². The molecule has 11 heteroatoms. The van der Waals surface area contributed by atoms with E-state index in [1.54, 1.807) is 44.7 Å². The highest BCUT2D eigenvalue weighted by molar-refractivity contribution is 7.72. The van der Waals surface area contributed by atoms with Crippen LogP contribution in [0.3, 0.4) is 0 Å². The van der Waals surface area contributed by atoms with Gasteiger partial charge in [0, 0.05) is 6.54 Å². The molecule has 186 valence electrons. The first kappa shape index (κ1) is 28.0. The highest BCUT2D eigenvalue weighted by Crippen LogP contribution is 2.72. The predicted octanol–water partition coefficient (Wildman–Crippen LogP) is 5.63. The Morgan fingerprint density at radius 1 is 0.848 bits per heavy atom. The van der Waals surface area contributed by atoms with Crippen LogP contribution in [-0.4, -0.2) is 48.6 Å². The molecule has 0 aliphatic heterocycles. The first-order valence-electron chi connectivity index (χ1n) is 11.1. The van der Waals surface area contributed by atoms with Crippen molar-refractivity contribution in [3.8, 4) is 0 Å². The van der Waals surface area contributed by atoms with Crippen molar-refractivity contribution in [2.45, 2.75) is 45.8 Å². The van der Waals surface area contributed by atoms with Crippen LogP contribution in [0.1, 0.15) is 45.1 Å². The van der Waals surface area contributed by atoms with Crippen molar-refractivity contribution in [2.24, 2.45) is 0 Å². The molecular weight excluding hydrogens is 468 g/mol. The van der Waals surface area contributed by atoms with Crippen LogP contribution in [0.25, 0.3) is 0 Å². The number of aliphatic hydroxyl groups is 1. The van der Waals surface area contributed by atoms with E-state index in [0.717, 1.165) is 5.56 Å². The number of benzene rings is 1. The maximum absolute atomic E-state index is 14.2. The molecule has 1 atom stereocenters. The zero-order valence-corrected chi connectivity index (χ0v) is 21.5. The van der Waals surface area contributed by atoms with E-state index < -0.39 is 33.4 Å². The van der Waals surface area contributed by atoms with Gasteiger partial charge < -0.3 is 27.6 Å². The molecule has 0 bridgehead atoms. The van der Waals surface area contributed by atoms with E-state index in [1.807, 2.05) is 30.3 Å². The molecule has 2 aromatic rings. The lowest BCUT2D eigenvalue weighted by atomic mass is 10.1. The lowest BCUT2D eigenvalue weighted by Crippen LogP contribution is -2.41. The maximum atomic E-state index is 14.2. The van der Waals surface area contributed by atoms with Crippen molar-refractivity contribution in [2.75, 3.05) is 33.0 Å². The molecule has 1 aromatic carbocycles. The molecule has 9 nitrogen and oxygen atoms in total. The second kappa shape index (κ2) is 13.6. The summed E-state index contributed by atoms with van der Waals surface area (Å²) in [4.78, 5) is 1.59. The summed E-state index contributed by atoms with van der Waals surface area (Å²) in [5.74, 6) is 0.400. The van der Waals surface area contributed by atoms with E-state index in [2.05, 4.69) is 0 Å². The van der Waals surface area contributed by atoms with Crippen molar-refractivity contribution >= 4 is 15.2 Å². The summed E-state index contributed by atoms with van der Waals surface area (Å²) in [5, 5.41) is 10.4. The summed E-state index contributed by atoms with van der Waals surface area (Å²) in [6, 6.07) is 11.9. The van der Waals surface area contributed by atoms with Gasteiger partial charge in [-0.2, -0.15) is 0 Å². The molecule has 2 rings (SSSR count). The van der Waals surface area contributed by atoms with Crippen LogP contribution < -0.4 is 0 Å². The van der Waals surface area contributed by atoms with E-state index in [0.29, 0.717) is 5.76 Å². The van der Waals surface area contributed by atoms with Crippen LogP contribution >= 0.6 is 15.2 Å². The van der Waals surface area contributed by atoms with Crippen LogP contribution in [0.5, 0.6) is 0 Å². The van der Waals surface area contributed by atoms with Crippen LogP contribution in [-0.2, 0) is 33.8 Å². The number of hydrogen-bond donors (Lipinski definition) is 1. The number of rotatable bonds is 16. The van der Waals surface area contributed by atoms with Gasteiger partial charge in [-0.25, -0.2) is 0 Å². The molecule has 0 aliphatic carbocycles. The van der Waals surface area contributed by atoms with Gasteiger partial charge in [-0.05, 0) is 45.4 Å². The van der Waals surface area contributed by atoms with Gasteiger partial charge in [0.1, 0.15) is 5.76 Å². The number of furan rings is 1. The van der Waals surface area contributed by atoms with Gasteiger partial charge in [0.25, 0.3) is 0 Å². The van der Waals surface area contributed by atoms with E-state index in [9.17, 15) is 14.2 Å². The van der Waals surface area contributed by atoms with Gasteiger partial charge in [-0.15, -0.1) is 0 Å². The molecule has 0 saturated carbocycles. The Balaban J connectivity index is 2.76. The van der Waals surface area contributed by atoms with Crippen molar-refractivity contribution in [3.63, 3.8) is 0 Å². The Morgan fingerprint density at radius 2 is 1.36 bits per heavy atom. The molecule has 1 N–H and O–H groups in total. The topological polar surface area (TPSA) is 108 Å². The molecule has 0 amide bonds. The van der Waals surface area contributed by atoms with Crippen LogP contribution in [0.4, 0.5) is 0 Å². The number of hydrogen-bond acceptors (Lipinski definition) is 9. The Morgan fingerprint density at radius 3 is 1.76 bits per heavy atom. The largest absolute Gasteiger partial charge is 0.468 e. The summed E-state index contributed by atoms with van der Waals surface area (Å²) in [7, 11) is -8.22. The minimum absolute atomic E-state index is 0.0513. The van der Waals surface area contributed by atoms with E-state index in [1.165, 1.54) is 6.26 Å². The van der Waals surface area contributed by atoms with E-state index in [-0.39, 0.29) is 33.0 Å². The standard InChI is InChI=1S/C22H35NO8P2/c1-5-28-32(25,29-6-2)22(33(26,30-7-3)31-8-4)23(17-19-13-10-9-11-14-19)20(18-24)21-15-12-16-27-21/h9-16,20,22,24H,5-8,17-18H2,1-4H3. The average molecular weight is 503 g/mol. The van der Waals surface area contributed by atoms with Gasteiger partial charge in [0.05, 0.1) is 45.3 Å². The Labute approximate surface area is 196 Å². The van der Waals surface area contributed by atoms with E-state index >= 15 is 0 Å². The fourth-order valence-electron chi connectivity index (χ4n) is 3.58. The fraction of sp³-hybridized carbons (Fsp3) is 0.545. The molecule has 0 saturated heterocycles. The molecule has 0 fully saturated rings. The summed E-state index contributed by atoms with van der Waals surface area (Å²) < 4.78 is 56.6. The predicted molar refractivity (Wildman–Crippen MR) is 126 cm³/mol. The third-order valence-corrected chi connectivity index (χ3v) is 10.6. The fourth-order valence-corrected chi connectivity index (χ4v) is 9.10. The summed E-state index contributed by atoms with van der Waals surface area (Å²) >= 11 is 0. The monoisotopic (exact) mass is 503 g/mol. The Hall–Kier alpha value is -1.28. The quantitative estimate of drug-likeness (QED) is 0.292. The van der Waals surface area contributed by atoms with Crippen molar-refractivity contribution in [1.82, 2.24) is 4.90 Å². The molecule has 1 heterocycles. The lowest BCUT2D eigenvalue weighted by molar-refractivity contribution is 0.0774. The SMILES string of the molecule is CCOP(=O)(OCC)C(N(Cc1ccccc1)C(CO)c1ccco1)P(=O)(OCC)OCC. The van der Waals surface area contributed by atoms with Crippen molar-refractivity contribution < 1.29 is 36.7 Å². The van der Waals surface area contributed by atoms with Gasteiger partial charge in [0.2, 0.25) is 5.52 Å². The molecule has 1 unspecified atom stereocenters. The highest BCUT2D eigenvalue weighted by Gasteiger charge is 2.56. The third-order valence-electron chi connectivity index (χ3n) is 4.75. The van der Waals surface area contributed by atoms with Gasteiger partial charge in [0.15, 0.2) is 0 Å². The average Bonchev–Trinajstić information content (AvgIpc) is 3.30. The zero-order chi connectivity index (χ0) is 24.3. The first-order valence-corrected chi connectivity index (χ1v) is 14.3. The Kier molecular flexibility index (Phi) is 11.5. The minimum atomic E-state index is -4.11.